The fourth-order valence-corrected chi connectivity index (χ4v) is 7.55. The zero-order chi connectivity index (χ0) is 19.7. The molecule has 1 spiro atoms. The van der Waals surface area contributed by atoms with Crippen molar-refractivity contribution in [3.05, 3.63) is 36.0 Å². The molecule has 6 bridgehead atoms. The van der Waals surface area contributed by atoms with Crippen LogP contribution in [0, 0.1) is 17.3 Å². The number of hydrogen-bond acceptors (Lipinski definition) is 3. The van der Waals surface area contributed by atoms with Gasteiger partial charge in [-0.2, -0.15) is 0 Å². The van der Waals surface area contributed by atoms with Gasteiger partial charge in [-0.1, -0.05) is 36.0 Å². The Morgan fingerprint density at radius 3 is 2.48 bits per heavy atom. The van der Waals surface area contributed by atoms with E-state index in [1.807, 2.05) is 0 Å². The summed E-state index contributed by atoms with van der Waals surface area (Å²) >= 11 is 0. The van der Waals surface area contributed by atoms with Gasteiger partial charge in [-0.15, -0.1) is 0 Å². The van der Waals surface area contributed by atoms with Crippen LogP contribution in [-0.4, -0.2) is 59.8 Å². The quantitative estimate of drug-likeness (QED) is 0.609. The van der Waals surface area contributed by atoms with Crippen LogP contribution in [0.4, 0.5) is 0 Å². The Morgan fingerprint density at radius 2 is 1.62 bits per heavy atom. The van der Waals surface area contributed by atoms with Gasteiger partial charge in [0.25, 0.3) is 0 Å². The highest BCUT2D eigenvalue weighted by Crippen LogP contribution is 2.57. The lowest BCUT2D eigenvalue weighted by Crippen LogP contribution is -2.72. The van der Waals surface area contributed by atoms with E-state index in [4.69, 9.17) is 0 Å². The lowest BCUT2D eigenvalue weighted by atomic mass is 9.51. The molecule has 2 fully saturated rings. The van der Waals surface area contributed by atoms with Crippen LogP contribution >= 0.6 is 0 Å². The second kappa shape index (κ2) is 8.69. The van der Waals surface area contributed by atoms with Gasteiger partial charge < -0.3 is 10.0 Å². The van der Waals surface area contributed by atoms with Gasteiger partial charge >= 0.3 is 0 Å². The highest BCUT2D eigenvalue weighted by Gasteiger charge is 2.61. The second-order valence-corrected chi connectivity index (χ2v) is 10.4. The van der Waals surface area contributed by atoms with Crippen LogP contribution < -0.4 is 0 Å². The molecule has 6 aliphatic rings. The zero-order valence-corrected chi connectivity index (χ0v) is 18.1. The van der Waals surface area contributed by atoms with Crippen LogP contribution in [-0.2, 0) is 0 Å². The Morgan fingerprint density at radius 1 is 0.862 bits per heavy atom. The van der Waals surface area contributed by atoms with E-state index in [0.717, 1.165) is 13.1 Å². The Labute approximate surface area is 177 Å². The van der Waals surface area contributed by atoms with Crippen molar-refractivity contribution in [2.75, 3.05) is 32.7 Å². The number of hydrogen-bond donors (Lipinski definition) is 1. The molecule has 3 nitrogen and oxygen atoms in total. The molecule has 0 radical (unpaired) electrons. The third-order valence-electron chi connectivity index (χ3n) is 8.51. The van der Waals surface area contributed by atoms with E-state index in [-0.39, 0.29) is 11.5 Å². The molecule has 1 aliphatic carbocycles. The summed E-state index contributed by atoms with van der Waals surface area (Å²) in [4.78, 5) is 5.50. The third-order valence-corrected chi connectivity index (χ3v) is 8.51. The predicted molar refractivity (Wildman–Crippen MR) is 120 cm³/mol. The van der Waals surface area contributed by atoms with Crippen LogP contribution in [0.2, 0.25) is 0 Å². The second-order valence-electron chi connectivity index (χ2n) is 10.4. The van der Waals surface area contributed by atoms with Gasteiger partial charge in [0.15, 0.2) is 0 Å². The summed E-state index contributed by atoms with van der Waals surface area (Å²) in [6, 6.07) is 0.551. The summed E-state index contributed by atoms with van der Waals surface area (Å²) in [6.07, 6.45) is 24.7. The van der Waals surface area contributed by atoms with E-state index in [2.05, 4.69) is 40.2 Å². The number of aliphatic hydroxyl groups excluding tert-OH is 1. The van der Waals surface area contributed by atoms with Crippen LogP contribution in [0.5, 0.6) is 0 Å². The first kappa shape index (κ1) is 20.0. The molecule has 29 heavy (non-hydrogen) atoms. The Hall–Kier alpha value is -0.900. The summed E-state index contributed by atoms with van der Waals surface area (Å²) in [5, 5.41) is 11.4. The normalized spacial score (nSPS) is 47.7. The van der Waals surface area contributed by atoms with Crippen molar-refractivity contribution in [1.29, 1.82) is 0 Å². The summed E-state index contributed by atoms with van der Waals surface area (Å²) in [7, 11) is 0. The van der Waals surface area contributed by atoms with E-state index in [0.29, 0.717) is 17.9 Å². The number of rotatable bonds is 0. The van der Waals surface area contributed by atoms with Crippen LogP contribution in [0.25, 0.3) is 0 Å². The summed E-state index contributed by atoms with van der Waals surface area (Å²) < 4.78 is 0. The maximum atomic E-state index is 11.4. The SMILES string of the molecule is O[C@H]1CN2CCCC/C=C\CCC3=C[C@H]4CN5CCCC/C=C\CC[C@](C2)([C@@H]14)[C@H]35. The first-order chi connectivity index (χ1) is 14.3. The molecule has 3 heteroatoms. The molecule has 7 atom stereocenters. The predicted octanol–water partition coefficient (Wildman–Crippen LogP) is 4.55. The van der Waals surface area contributed by atoms with Crippen LogP contribution in [0.15, 0.2) is 36.0 Å². The summed E-state index contributed by atoms with van der Waals surface area (Å²) in [5.74, 6) is 1.00. The average Bonchev–Trinajstić information content (AvgIpc) is 2.73. The first-order valence-corrected chi connectivity index (χ1v) is 12.4. The van der Waals surface area contributed by atoms with Crippen molar-refractivity contribution in [3.8, 4) is 0 Å². The van der Waals surface area contributed by atoms with E-state index >= 15 is 0 Å². The van der Waals surface area contributed by atoms with Gasteiger partial charge in [-0.25, -0.2) is 0 Å². The van der Waals surface area contributed by atoms with E-state index in [1.54, 1.807) is 5.57 Å². The minimum atomic E-state index is -0.159. The van der Waals surface area contributed by atoms with Crippen LogP contribution in [0.1, 0.15) is 64.2 Å². The molecule has 5 heterocycles. The van der Waals surface area contributed by atoms with Crippen molar-refractivity contribution >= 4 is 0 Å². The molecule has 0 saturated carbocycles. The zero-order valence-electron chi connectivity index (χ0n) is 18.1. The van der Waals surface area contributed by atoms with E-state index in [1.165, 1.54) is 83.8 Å². The minimum absolute atomic E-state index is 0.159. The molecule has 5 aliphatic heterocycles. The smallest absolute Gasteiger partial charge is 0.0707 e. The van der Waals surface area contributed by atoms with E-state index < -0.39 is 0 Å². The molecule has 6 rings (SSSR count). The van der Waals surface area contributed by atoms with Crippen molar-refractivity contribution in [2.45, 2.75) is 76.4 Å². The standard InChI is InChI=1S/C26H40N2O/c29-23-19-27-15-11-7-3-1-5-9-13-21-17-22-18-28-16-12-8-4-2-6-10-14-26(20-27,24(22)23)25(21)28/h1-2,5-6,17,22-25,29H,3-4,7-16,18-20H2/b5-1-,6-2-/t22-,23-,24+,25-,26-/m0/s1. The molecular formula is C26H40N2O. The fourth-order valence-electron chi connectivity index (χ4n) is 7.55. The van der Waals surface area contributed by atoms with Crippen molar-refractivity contribution in [2.24, 2.45) is 17.3 Å². The Kier molecular flexibility index (Phi) is 6.00. The van der Waals surface area contributed by atoms with Crippen molar-refractivity contribution in [1.82, 2.24) is 9.80 Å². The highest BCUT2D eigenvalue weighted by atomic mass is 16.3. The number of fused-ring (bicyclic) bond motifs is 1. The minimum Gasteiger partial charge on any atom is -0.391 e. The maximum Gasteiger partial charge on any atom is 0.0707 e. The molecular weight excluding hydrogens is 356 g/mol. The third kappa shape index (κ3) is 3.79. The van der Waals surface area contributed by atoms with Crippen molar-refractivity contribution in [3.63, 3.8) is 0 Å². The average molecular weight is 397 g/mol. The molecule has 1 N–H and O–H groups in total. The summed E-state index contributed by atoms with van der Waals surface area (Å²) in [6.45, 7) is 5.68. The molecule has 160 valence electrons. The van der Waals surface area contributed by atoms with E-state index in [9.17, 15) is 5.11 Å². The fraction of sp³-hybridized carbons (Fsp3) is 0.769. The number of nitrogens with zero attached hydrogens (tertiary/aromatic N) is 2. The molecule has 2 saturated heterocycles. The number of allylic oxidation sites excluding steroid dienone is 4. The monoisotopic (exact) mass is 396 g/mol. The Bertz CT molecular complexity index is 668. The number of aliphatic hydroxyl groups is 1. The lowest BCUT2D eigenvalue weighted by molar-refractivity contribution is -0.160. The molecule has 0 aromatic heterocycles. The molecule has 0 aromatic carbocycles. The highest BCUT2D eigenvalue weighted by molar-refractivity contribution is 5.31. The molecule has 0 amide bonds. The number of piperidine rings is 2. The van der Waals surface area contributed by atoms with Crippen LogP contribution in [0.3, 0.4) is 0 Å². The molecule has 2 unspecified atom stereocenters. The first-order valence-electron chi connectivity index (χ1n) is 12.4. The Balaban J connectivity index is 1.57. The van der Waals surface area contributed by atoms with Crippen molar-refractivity contribution < 1.29 is 5.11 Å². The topological polar surface area (TPSA) is 26.7 Å². The van der Waals surface area contributed by atoms with Gasteiger partial charge in [0.1, 0.15) is 0 Å². The van der Waals surface area contributed by atoms with Gasteiger partial charge in [0.2, 0.25) is 0 Å². The van der Waals surface area contributed by atoms with Gasteiger partial charge in [-0.05, 0) is 83.2 Å². The molecule has 0 aromatic rings. The van der Waals surface area contributed by atoms with Gasteiger partial charge in [-0.3, -0.25) is 4.90 Å². The largest absolute Gasteiger partial charge is 0.391 e. The van der Waals surface area contributed by atoms with Gasteiger partial charge in [0, 0.05) is 37.0 Å². The van der Waals surface area contributed by atoms with Gasteiger partial charge in [0.05, 0.1) is 6.10 Å². The summed E-state index contributed by atoms with van der Waals surface area (Å²) in [5.41, 5.74) is 1.94. The maximum absolute atomic E-state index is 11.4. The lowest BCUT2D eigenvalue weighted by Gasteiger charge is -2.65.